The maximum Gasteiger partial charge on any atom is 0.237 e. The average Bonchev–Trinajstić information content (AvgIpc) is 3.15. The summed E-state index contributed by atoms with van der Waals surface area (Å²) in [6.07, 6.45) is 1.02. The van der Waals surface area contributed by atoms with Crippen LogP contribution in [0.3, 0.4) is 0 Å². The van der Waals surface area contributed by atoms with Gasteiger partial charge in [-0.3, -0.25) is 4.79 Å². The van der Waals surface area contributed by atoms with Crippen LogP contribution in [0.1, 0.15) is 44.5 Å². The summed E-state index contributed by atoms with van der Waals surface area (Å²) in [6.45, 7) is 8.07. The molecular formula is C23H25N5OS. The van der Waals surface area contributed by atoms with Crippen LogP contribution >= 0.6 is 11.8 Å². The molecule has 0 fully saturated rings. The van der Waals surface area contributed by atoms with Crippen molar-refractivity contribution in [3.05, 3.63) is 59.9 Å². The lowest BCUT2D eigenvalue weighted by molar-refractivity contribution is -0.115. The first-order valence-corrected chi connectivity index (χ1v) is 11.0. The molecule has 2 unspecified atom stereocenters. The van der Waals surface area contributed by atoms with Crippen molar-refractivity contribution >= 4 is 39.9 Å². The van der Waals surface area contributed by atoms with Gasteiger partial charge in [-0.1, -0.05) is 55.9 Å². The smallest absolute Gasteiger partial charge is 0.237 e. The molecule has 2 heterocycles. The average molecular weight is 420 g/mol. The molecule has 0 spiro atoms. The van der Waals surface area contributed by atoms with Gasteiger partial charge in [-0.05, 0) is 49.9 Å². The first kappa shape index (κ1) is 20.3. The van der Waals surface area contributed by atoms with E-state index in [9.17, 15) is 4.79 Å². The Kier molecular flexibility index (Phi) is 5.72. The van der Waals surface area contributed by atoms with Gasteiger partial charge in [0.1, 0.15) is 5.82 Å². The Morgan fingerprint density at radius 1 is 1.10 bits per heavy atom. The number of hydrogen-bond donors (Lipinski definition) is 1. The standard InChI is InChI=1S/C23H25N5OS/c1-5-14(2)17-10-6-8-12-19(17)25-22(29)15(3)30-23-26-20-13-9-7-11-18(20)21-24-16(4)27-28(21)23/h6-15H,5H2,1-4H3,(H,25,29). The molecule has 0 saturated heterocycles. The van der Waals surface area contributed by atoms with Gasteiger partial charge in [-0.15, -0.1) is 5.10 Å². The van der Waals surface area contributed by atoms with Crippen molar-refractivity contribution in [1.29, 1.82) is 0 Å². The van der Waals surface area contributed by atoms with Gasteiger partial charge >= 0.3 is 0 Å². The van der Waals surface area contributed by atoms with E-state index in [1.165, 1.54) is 11.8 Å². The van der Waals surface area contributed by atoms with Crippen LogP contribution in [0, 0.1) is 6.92 Å². The minimum atomic E-state index is -0.351. The maximum atomic E-state index is 13.0. The SMILES string of the molecule is CCC(C)c1ccccc1NC(=O)C(C)Sc1nc2ccccc2c2nc(C)nn12. The van der Waals surface area contributed by atoms with E-state index >= 15 is 0 Å². The number of benzene rings is 2. The lowest BCUT2D eigenvalue weighted by Gasteiger charge is -2.17. The van der Waals surface area contributed by atoms with Crippen LogP contribution in [0.25, 0.3) is 16.6 Å². The zero-order valence-corrected chi connectivity index (χ0v) is 18.4. The van der Waals surface area contributed by atoms with Gasteiger partial charge in [0.15, 0.2) is 10.8 Å². The van der Waals surface area contributed by atoms with Crippen LogP contribution in [0.5, 0.6) is 0 Å². The molecular weight excluding hydrogens is 394 g/mol. The summed E-state index contributed by atoms with van der Waals surface area (Å²) in [5.41, 5.74) is 3.63. The summed E-state index contributed by atoms with van der Waals surface area (Å²) in [5.74, 6) is 0.995. The fraction of sp³-hybridized carbons (Fsp3) is 0.304. The Bertz CT molecular complexity index is 1220. The molecule has 0 aliphatic carbocycles. The number of rotatable bonds is 6. The molecule has 2 aromatic carbocycles. The largest absolute Gasteiger partial charge is 0.325 e. The predicted octanol–water partition coefficient (Wildman–Crippen LogP) is 5.22. The van der Waals surface area contributed by atoms with E-state index in [0.29, 0.717) is 16.9 Å². The Morgan fingerprint density at radius 3 is 2.63 bits per heavy atom. The van der Waals surface area contributed by atoms with Gasteiger partial charge in [-0.25, -0.2) is 9.97 Å². The van der Waals surface area contributed by atoms with Crippen molar-refractivity contribution < 1.29 is 4.79 Å². The summed E-state index contributed by atoms with van der Waals surface area (Å²) in [4.78, 5) is 22.3. The molecule has 2 aromatic heterocycles. The Balaban J connectivity index is 1.62. The first-order valence-electron chi connectivity index (χ1n) is 10.2. The number of hydrogen-bond acceptors (Lipinski definition) is 5. The van der Waals surface area contributed by atoms with Gasteiger partial charge in [0, 0.05) is 11.1 Å². The highest BCUT2D eigenvalue weighted by atomic mass is 32.2. The maximum absolute atomic E-state index is 13.0. The highest BCUT2D eigenvalue weighted by Crippen LogP contribution is 2.29. The van der Waals surface area contributed by atoms with Crippen molar-refractivity contribution in [2.75, 3.05) is 5.32 Å². The lowest BCUT2D eigenvalue weighted by Crippen LogP contribution is -2.24. The van der Waals surface area contributed by atoms with Crippen molar-refractivity contribution in [2.24, 2.45) is 0 Å². The second kappa shape index (κ2) is 8.44. The van der Waals surface area contributed by atoms with Crippen molar-refractivity contribution in [1.82, 2.24) is 19.6 Å². The van der Waals surface area contributed by atoms with E-state index in [1.807, 2.05) is 56.3 Å². The highest BCUT2D eigenvalue weighted by Gasteiger charge is 2.21. The third-order valence-corrected chi connectivity index (χ3v) is 6.31. The summed E-state index contributed by atoms with van der Waals surface area (Å²) in [6, 6.07) is 15.9. The molecule has 2 atom stereocenters. The van der Waals surface area contributed by atoms with E-state index in [0.717, 1.165) is 34.2 Å². The normalized spacial score (nSPS) is 13.5. The minimum absolute atomic E-state index is 0.0595. The predicted molar refractivity (Wildman–Crippen MR) is 122 cm³/mol. The quantitative estimate of drug-likeness (QED) is 0.343. The van der Waals surface area contributed by atoms with Crippen LogP contribution in [-0.4, -0.2) is 30.7 Å². The Hall–Kier alpha value is -2.93. The van der Waals surface area contributed by atoms with Gasteiger partial charge in [0.2, 0.25) is 5.91 Å². The third kappa shape index (κ3) is 3.89. The minimum Gasteiger partial charge on any atom is -0.325 e. The number of amides is 1. The summed E-state index contributed by atoms with van der Waals surface area (Å²) in [5, 5.41) is 8.85. The zero-order chi connectivity index (χ0) is 21.3. The summed E-state index contributed by atoms with van der Waals surface area (Å²) in [7, 11) is 0. The zero-order valence-electron chi connectivity index (χ0n) is 17.6. The number of carbonyl (C=O) groups is 1. The molecule has 1 N–H and O–H groups in total. The van der Waals surface area contributed by atoms with Gasteiger partial charge in [0.25, 0.3) is 0 Å². The molecule has 7 heteroatoms. The number of aromatic nitrogens is 4. The molecule has 4 aromatic rings. The molecule has 154 valence electrons. The van der Waals surface area contributed by atoms with Gasteiger partial charge < -0.3 is 5.32 Å². The van der Waals surface area contributed by atoms with Crippen LogP contribution in [0.15, 0.2) is 53.7 Å². The van der Waals surface area contributed by atoms with Crippen LogP contribution in [0.2, 0.25) is 0 Å². The molecule has 0 bridgehead atoms. The number of anilines is 1. The number of aryl methyl sites for hydroxylation is 1. The summed E-state index contributed by atoms with van der Waals surface area (Å²) < 4.78 is 1.74. The third-order valence-electron chi connectivity index (χ3n) is 5.27. The van der Waals surface area contributed by atoms with Crippen molar-refractivity contribution in [3.63, 3.8) is 0 Å². The van der Waals surface area contributed by atoms with E-state index in [2.05, 4.69) is 35.3 Å². The topological polar surface area (TPSA) is 72.2 Å². The fourth-order valence-electron chi connectivity index (χ4n) is 3.42. The van der Waals surface area contributed by atoms with Crippen molar-refractivity contribution in [2.45, 2.75) is 50.4 Å². The molecule has 6 nitrogen and oxygen atoms in total. The second-order valence-electron chi connectivity index (χ2n) is 7.45. The molecule has 0 radical (unpaired) electrons. The number of fused-ring (bicyclic) bond motifs is 3. The summed E-state index contributed by atoms with van der Waals surface area (Å²) >= 11 is 1.39. The highest BCUT2D eigenvalue weighted by molar-refractivity contribution is 8.00. The second-order valence-corrected chi connectivity index (χ2v) is 8.76. The Morgan fingerprint density at radius 2 is 1.83 bits per heavy atom. The lowest BCUT2D eigenvalue weighted by atomic mass is 9.97. The molecule has 0 saturated carbocycles. The van der Waals surface area contributed by atoms with Gasteiger partial charge in [0.05, 0.1) is 10.8 Å². The molecule has 4 rings (SSSR count). The number of nitrogens with zero attached hydrogens (tertiary/aromatic N) is 4. The molecule has 1 amide bonds. The number of para-hydroxylation sites is 2. The monoisotopic (exact) mass is 419 g/mol. The number of nitrogens with one attached hydrogen (secondary N) is 1. The van der Waals surface area contributed by atoms with E-state index < -0.39 is 0 Å². The van der Waals surface area contributed by atoms with E-state index in [1.54, 1.807) is 4.52 Å². The number of carbonyl (C=O) groups excluding carboxylic acids is 1. The molecule has 30 heavy (non-hydrogen) atoms. The van der Waals surface area contributed by atoms with Crippen LogP contribution < -0.4 is 5.32 Å². The van der Waals surface area contributed by atoms with Crippen LogP contribution in [-0.2, 0) is 4.79 Å². The first-order chi connectivity index (χ1) is 14.5. The van der Waals surface area contributed by atoms with Crippen LogP contribution in [0.4, 0.5) is 5.69 Å². The molecule has 0 aliphatic rings. The van der Waals surface area contributed by atoms with E-state index in [4.69, 9.17) is 4.98 Å². The number of thioether (sulfide) groups is 1. The van der Waals surface area contributed by atoms with Gasteiger partial charge in [-0.2, -0.15) is 4.52 Å². The fourth-order valence-corrected chi connectivity index (χ4v) is 4.28. The van der Waals surface area contributed by atoms with E-state index in [-0.39, 0.29) is 11.2 Å². The molecule has 0 aliphatic heterocycles. The van der Waals surface area contributed by atoms with Crippen molar-refractivity contribution in [3.8, 4) is 0 Å². The Labute approximate surface area is 180 Å².